The second kappa shape index (κ2) is 10.2. The van der Waals surface area contributed by atoms with Crippen molar-refractivity contribution in [2.24, 2.45) is 5.92 Å². The van der Waals surface area contributed by atoms with Crippen LogP contribution < -0.4 is 20.1 Å². The summed E-state index contributed by atoms with van der Waals surface area (Å²) in [6.45, 7) is 5.24. The van der Waals surface area contributed by atoms with E-state index in [1.165, 1.54) is 18.5 Å². The number of carbonyl (C=O) groups excluding carboxylic acids is 2. The Morgan fingerprint density at radius 1 is 1.00 bits per heavy atom. The molecule has 2 N–H and O–H groups in total. The number of nitrogens with zero attached hydrogens (tertiary/aromatic N) is 1. The van der Waals surface area contributed by atoms with Crippen LogP contribution in [0, 0.1) is 5.92 Å². The van der Waals surface area contributed by atoms with Gasteiger partial charge in [0.15, 0.2) is 0 Å². The molecule has 0 spiro atoms. The van der Waals surface area contributed by atoms with Crippen molar-refractivity contribution >= 4 is 11.8 Å². The maximum Gasteiger partial charge on any atom is 0.252 e. The monoisotopic (exact) mass is 371 g/mol. The zero-order chi connectivity index (χ0) is 19.6. The third-order valence-corrected chi connectivity index (χ3v) is 3.65. The number of methoxy groups -OCH3 is 1. The Labute approximate surface area is 159 Å². The summed E-state index contributed by atoms with van der Waals surface area (Å²) in [5.41, 5.74) is 0.689. The van der Waals surface area contributed by atoms with Gasteiger partial charge in [-0.3, -0.25) is 14.6 Å². The molecule has 0 radical (unpaired) electrons. The second-order valence-corrected chi connectivity index (χ2v) is 6.35. The largest absolute Gasteiger partial charge is 0.497 e. The van der Waals surface area contributed by atoms with Crippen LogP contribution in [0.4, 0.5) is 0 Å². The zero-order valence-electron chi connectivity index (χ0n) is 15.8. The molecule has 1 aromatic heterocycles. The van der Waals surface area contributed by atoms with Gasteiger partial charge in [-0.1, -0.05) is 13.8 Å². The van der Waals surface area contributed by atoms with Gasteiger partial charge in [0, 0.05) is 18.9 Å². The number of benzene rings is 1. The number of hydrogen-bond donors (Lipinski definition) is 2. The molecule has 1 heterocycles. The average Bonchev–Trinajstić information content (AvgIpc) is 2.69. The van der Waals surface area contributed by atoms with Crippen molar-refractivity contribution < 1.29 is 19.1 Å². The topological polar surface area (TPSA) is 89.6 Å². The van der Waals surface area contributed by atoms with Gasteiger partial charge in [0.1, 0.15) is 18.1 Å². The van der Waals surface area contributed by atoms with Crippen LogP contribution in [-0.2, 0) is 0 Å². The van der Waals surface area contributed by atoms with Crippen LogP contribution in [-0.4, -0.2) is 43.6 Å². The van der Waals surface area contributed by atoms with Gasteiger partial charge in [0.2, 0.25) is 0 Å². The lowest BCUT2D eigenvalue weighted by Gasteiger charge is -2.10. The summed E-state index contributed by atoms with van der Waals surface area (Å²) in [7, 11) is 1.60. The van der Waals surface area contributed by atoms with Gasteiger partial charge < -0.3 is 20.1 Å². The van der Waals surface area contributed by atoms with Crippen molar-refractivity contribution in [3.8, 4) is 11.5 Å². The van der Waals surface area contributed by atoms with E-state index >= 15 is 0 Å². The predicted octanol–water partition coefficient (Wildman–Crippen LogP) is 2.28. The van der Waals surface area contributed by atoms with E-state index in [4.69, 9.17) is 9.47 Å². The minimum absolute atomic E-state index is 0.242. The van der Waals surface area contributed by atoms with Crippen molar-refractivity contribution in [2.75, 3.05) is 26.8 Å². The quantitative estimate of drug-likeness (QED) is 0.660. The van der Waals surface area contributed by atoms with Crippen molar-refractivity contribution in [3.05, 3.63) is 53.9 Å². The highest BCUT2D eigenvalue weighted by Crippen LogP contribution is 2.16. The first-order valence-corrected chi connectivity index (χ1v) is 8.78. The zero-order valence-corrected chi connectivity index (χ0v) is 15.8. The fraction of sp³-hybridized carbons (Fsp3) is 0.350. The van der Waals surface area contributed by atoms with Gasteiger partial charge in [-0.15, -0.1) is 0 Å². The number of nitrogens with one attached hydrogen (secondary N) is 2. The minimum atomic E-state index is -0.306. The van der Waals surface area contributed by atoms with Crippen LogP contribution in [0.25, 0.3) is 0 Å². The highest BCUT2D eigenvalue weighted by Gasteiger charge is 2.11. The lowest BCUT2D eigenvalue weighted by molar-refractivity contribution is 0.0946. The molecule has 0 fully saturated rings. The van der Waals surface area contributed by atoms with Crippen molar-refractivity contribution in [3.63, 3.8) is 0 Å². The molecule has 0 aliphatic heterocycles. The predicted molar refractivity (Wildman–Crippen MR) is 102 cm³/mol. The Morgan fingerprint density at radius 3 is 2.19 bits per heavy atom. The summed E-state index contributed by atoms with van der Waals surface area (Å²) in [5, 5.41) is 5.55. The van der Waals surface area contributed by atoms with Crippen LogP contribution in [0.3, 0.4) is 0 Å². The molecule has 2 amide bonds. The number of pyridine rings is 1. The Morgan fingerprint density at radius 2 is 1.59 bits per heavy atom. The fourth-order valence-corrected chi connectivity index (χ4v) is 2.19. The van der Waals surface area contributed by atoms with E-state index in [1.54, 1.807) is 31.4 Å². The minimum Gasteiger partial charge on any atom is -0.497 e. The first-order chi connectivity index (χ1) is 13.0. The van der Waals surface area contributed by atoms with E-state index in [1.807, 2.05) is 13.8 Å². The molecule has 7 heteroatoms. The van der Waals surface area contributed by atoms with Gasteiger partial charge in [-0.05, 0) is 36.2 Å². The number of aromatic nitrogens is 1. The summed E-state index contributed by atoms with van der Waals surface area (Å²) < 4.78 is 10.6. The van der Waals surface area contributed by atoms with Crippen LogP contribution in [0.1, 0.15) is 34.6 Å². The summed E-state index contributed by atoms with van der Waals surface area (Å²) >= 11 is 0. The smallest absolute Gasteiger partial charge is 0.252 e. The Kier molecular flexibility index (Phi) is 7.61. The molecule has 0 unspecified atom stereocenters. The Balaban J connectivity index is 1.81. The number of amides is 2. The van der Waals surface area contributed by atoms with Gasteiger partial charge in [-0.2, -0.15) is 0 Å². The van der Waals surface area contributed by atoms with E-state index < -0.39 is 0 Å². The summed E-state index contributed by atoms with van der Waals surface area (Å²) in [4.78, 5) is 28.3. The molecular weight excluding hydrogens is 346 g/mol. The molecule has 1 aromatic carbocycles. The Hall–Kier alpha value is -3.09. The SMILES string of the molecule is COc1ccc(OCCNC(=O)c2cncc(C(=O)NCC(C)C)c2)cc1. The molecule has 0 saturated carbocycles. The fourth-order valence-electron chi connectivity index (χ4n) is 2.19. The molecule has 0 aliphatic carbocycles. The van der Waals surface area contributed by atoms with Crippen LogP contribution in [0.15, 0.2) is 42.7 Å². The van der Waals surface area contributed by atoms with Crippen LogP contribution in [0.5, 0.6) is 11.5 Å². The maximum atomic E-state index is 12.2. The van der Waals surface area contributed by atoms with Crippen molar-refractivity contribution in [2.45, 2.75) is 13.8 Å². The molecule has 27 heavy (non-hydrogen) atoms. The van der Waals surface area contributed by atoms with Crippen LogP contribution in [0.2, 0.25) is 0 Å². The van der Waals surface area contributed by atoms with E-state index in [0.29, 0.717) is 42.5 Å². The van der Waals surface area contributed by atoms with E-state index in [0.717, 1.165) is 5.75 Å². The van der Waals surface area contributed by atoms with Gasteiger partial charge in [0.25, 0.3) is 11.8 Å². The molecule has 0 saturated heterocycles. The maximum absolute atomic E-state index is 12.2. The van der Waals surface area contributed by atoms with Gasteiger partial charge in [-0.25, -0.2) is 0 Å². The van der Waals surface area contributed by atoms with Gasteiger partial charge >= 0.3 is 0 Å². The first-order valence-electron chi connectivity index (χ1n) is 8.78. The second-order valence-electron chi connectivity index (χ2n) is 6.35. The average molecular weight is 371 g/mol. The lowest BCUT2D eigenvalue weighted by atomic mass is 10.1. The van der Waals surface area contributed by atoms with Gasteiger partial charge in [0.05, 0.1) is 24.8 Å². The molecule has 0 aliphatic rings. The normalized spacial score (nSPS) is 10.4. The number of ether oxygens (including phenoxy) is 2. The number of rotatable bonds is 9. The molecular formula is C20H25N3O4. The first kappa shape index (κ1) is 20.2. The molecule has 144 valence electrons. The summed E-state index contributed by atoms with van der Waals surface area (Å²) in [6, 6.07) is 8.72. The highest BCUT2D eigenvalue weighted by atomic mass is 16.5. The number of hydrogen-bond acceptors (Lipinski definition) is 5. The summed E-state index contributed by atoms with van der Waals surface area (Å²) in [5.74, 6) is 1.24. The molecule has 7 nitrogen and oxygen atoms in total. The standard InChI is InChI=1S/C20H25N3O4/c1-14(2)11-23-20(25)16-10-15(12-21-13-16)19(24)22-8-9-27-18-6-4-17(26-3)5-7-18/h4-7,10,12-14H,8-9,11H2,1-3H3,(H,22,24)(H,23,25). The number of carbonyl (C=O) groups is 2. The lowest BCUT2D eigenvalue weighted by Crippen LogP contribution is -2.30. The van der Waals surface area contributed by atoms with Crippen molar-refractivity contribution in [1.29, 1.82) is 0 Å². The third-order valence-electron chi connectivity index (χ3n) is 3.65. The summed E-state index contributed by atoms with van der Waals surface area (Å²) in [6.07, 6.45) is 2.87. The van der Waals surface area contributed by atoms with Crippen LogP contribution >= 0.6 is 0 Å². The van der Waals surface area contributed by atoms with E-state index in [9.17, 15) is 9.59 Å². The molecule has 2 rings (SSSR count). The molecule has 0 atom stereocenters. The van der Waals surface area contributed by atoms with E-state index in [-0.39, 0.29) is 11.8 Å². The van der Waals surface area contributed by atoms with Crippen molar-refractivity contribution in [1.82, 2.24) is 15.6 Å². The highest BCUT2D eigenvalue weighted by molar-refractivity contribution is 5.99. The molecule has 0 bridgehead atoms. The van der Waals surface area contributed by atoms with E-state index in [2.05, 4.69) is 15.6 Å². The third kappa shape index (κ3) is 6.62. The Bertz CT molecular complexity index is 760. The molecule has 2 aromatic rings.